The van der Waals surface area contributed by atoms with Gasteiger partial charge in [0.15, 0.2) is 0 Å². The molecule has 27 heavy (non-hydrogen) atoms. The summed E-state index contributed by atoms with van der Waals surface area (Å²) in [6.45, 7) is 5.47. The number of nitrogens with two attached hydrogens (primary N) is 1. The van der Waals surface area contributed by atoms with Crippen molar-refractivity contribution in [3.8, 4) is 0 Å². The van der Waals surface area contributed by atoms with E-state index in [2.05, 4.69) is 24.2 Å². The average molecular weight is 376 g/mol. The van der Waals surface area contributed by atoms with Crippen molar-refractivity contribution in [3.05, 3.63) is 0 Å². The van der Waals surface area contributed by atoms with Gasteiger partial charge in [0.05, 0.1) is 11.4 Å². The molecule has 0 aromatic carbocycles. The van der Waals surface area contributed by atoms with Gasteiger partial charge in [0.1, 0.15) is 12.4 Å². The molecular weight excluding hydrogens is 342 g/mol. The molecule has 4 unspecified atom stereocenters. The number of nitrogens with zero attached hydrogens (tertiary/aromatic N) is 2. The molecule has 150 valence electrons. The first-order valence-corrected chi connectivity index (χ1v) is 10.6. The lowest BCUT2D eigenvalue weighted by Crippen LogP contribution is -2.56. The third-order valence-electron chi connectivity index (χ3n) is 8.56. The minimum atomic E-state index is -0.151. The molecule has 0 aromatic rings. The zero-order valence-corrected chi connectivity index (χ0v) is 16.6. The molecule has 4 aliphatic carbocycles. The Morgan fingerprint density at radius 1 is 1.19 bits per heavy atom. The quantitative estimate of drug-likeness (QED) is 0.449. The SMILES string of the molecule is C[C@]12CC/C(=N/OCCN)CC1/C(=N/O)CC1C2CC[C@]2(C)C(=O)CCC12. The Balaban J connectivity index is 1.61. The topological polar surface area (TPSA) is 97.3 Å². The largest absolute Gasteiger partial charge is 0.411 e. The maximum atomic E-state index is 12.6. The molecule has 0 saturated heterocycles. The van der Waals surface area contributed by atoms with Crippen molar-refractivity contribution in [2.24, 2.45) is 50.5 Å². The Hall–Kier alpha value is -1.43. The van der Waals surface area contributed by atoms with Crippen LogP contribution in [0.25, 0.3) is 0 Å². The maximum absolute atomic E-state index is 12.6. The van der Waals surface area contributed by atoms with Crippen LogP contribution < -0.4 is 5.73 Å². The second-order valence-corrected chi connectivity index (χ2v) is 9.63. The first kappa shape index (κ1) is 18.9. The normalized spacial score (nSPS) is 46.9. The fourth-order valence-electron chi connectivity index (χ4n) is 7.03. The summed E-state index contributed by atoms with van der Waals surface area (Å²) in [6, 6.07) is 0. The van der Waals surface area contributed by atoms with E-state index in [0.29, 0.717) is 36.7 Å². The minimum absolute atomic E-state index is 0.115. The van der Waals surface area contributed by atoms with E-state index in [1.54, 1.807) is 0 Å². The summed E-state index contributed by atoms with van der Waals surface area (Å²) >= 11 is 0. The maximum Gasteiger partial charge on any atom is 0.139 e. The number of oxime groups is 2. The molecule has 6 atom stereocenters. The van der Waals surface area contributed by atoms with E-state index in [4.69, 9.17) is 10.6 Å². The van der Waals surface area contributed by atoms with Crippen LogP contribution in [-0.2, 0) is 9.63 Å². The number of rotatable bonds is 3. The predicted molar refractivity (Wildman–Crippen MR) is 104 cm³/mol. The number of hydrogen-bond acceptors (Lipinski definition) is 6. The van der Waals surface area contributed by atoms with Crippen molar-refractivity contribution in [2.45, 2.75) is 65.2 Å². The zero-order valence-electron chi connectivity index (χ0n) is 16.6. The van der Waals surface area contributed by atoms with E-state index in [9.17, 15) is 10.0 Å². The molecule has 4 saturated carbocycles. The second kappa shape index (κ2) is 6.87. The molecule has 0 aliphatic heterocycles. The Bertz CT molecular complexity index is 676. The van der Waals surface area contributed by atoms with Crippen molar-refractivity contribution in [1.82, 2.24) is 0 Å². The molecule has 0 amide bonds. The van der Waals surface area contributed by atoms with Gasteiger partial charge in [-0.1, -0.05) is 24.2 Å². The van der Waals surface area contributed by atoms with Crippen molar-refractivity contribution in [1.29, 1.82) is 0 Å². The molecule has 0 radical (unpaired) electrons. The summed E-state index contributed by atoms with van der Waals surface area (Å²) in [4.78, 5) is 17.9. The number of Topliss-reactive ketones (excluding diaryl/α,β-unsaturated/α-hetero) is 1. The molecule has 4 rings (SSSR count). The number of carbonyl (C=O) groups excluding carboxylic acids is 1. The summed E-state index contributed by atoms with van der Waals surface area (Å²) in [5, 5.41) is 17.9. The zero-order chi connectivity index (χ0) is 19.2. The van der Waals surface area contributed by atoms with E-state index in [1.165, 1.54) is 0 Å². The third-order valence-corrected chi connectivity index (χ3v) is 8.56. The number of ketones is 1. The van der Waals surface area contributed by atoms with Gasteiger partial charge in [0, 0.05) is 24.3 Å². The number of carbonyl (C=O) groups is 1. The van der Waals surface area contributed by atoms with Crippen LogP contribution in [0.2, 0.25) is 0 Å². The van der Waals surface area contributed by atoms with Gasteiger partial charge >= 0.3 is 0 Å². The predicted octanol–water partition coefficient (Wildman–Crippen LogP) is 3.37. The van der Waals surface area contributed by atoms with E-state index >= 15 is 0 Å². The van der Waals surface area contributed by atoms with Crippen LogP contribution in [0.5, 0.6) is 0 Å². The minimum Gasteiger partial charge on any atom is -0.411 e. The highest BCUT2D eigenvalue weighted by Gasteiger charge is 2.61. The van der Waals surface area contributed by atoms with Gasteiger partial charge in [-0.05, 0) is 68.1 Å². The molecule has 6 heteroatoms. The summed E-state index contributed by atoms with van der Waals surface area (Å²) in [7, 11) is 0. The van der Waals surface area contributed by atoms with Gasteiger partial charge in [0.2, 0.25) is 0 Å². The summed E-state index contributed by atoms with van der Waals surface area (Å²) in [5.41, 5.74) is 7.41. The third kappa shape index (κ3) is 2.82. The molecule has 0 spiro atoms. The van der Waals surface area contributed by atoms with Crippen LogP contribution in [0.3, 0.4) is 0 Å². The highest BCUT2D eigenvalue weighted by atomic mass is 16.6. The molecular formula is C21H33N3O3. The number of hydrogen-bond donors (Lipinski definition) is 2. The van der Waals surface area contributed by atoms with Crippen LogP contribution in [0.1, 0.15) is 65.2 Å². The molecule has 3 N–H and O–H groups in total. The van der Waals surface area contributed by atoms with Gasteiger partial charge in [-0.25, -0.2) is 0 Å². The molecule has 0 aromatic heterocycles. The van der Waals surface area contributed by atoms with Crippen molar-refractivity contribution >= 4 is 17.2 Å². The standard InChI is InChI=1S/C21H33N3O3/c1-20-7-5-13(24-27-10-9-22)11-17(20)18(23-26)12-14-15-3-4-19(25)21(15,2)8-6-16(14)20/h14-17,26H,3-12,22H2,1-2H3/b23-18+,24-13-/t14?,15?,16?,17?,20-,21+/m1/s1. The first-order valence-electron chi connectivity index (χ1n) is 10.6. The monoisotopic (exact) mass is 375 g/mol. The van der Waals surface area contributed by atoms with Crippen LogP contribution in [0, 0.1) is 34.5 Å². The molecule has 4 fully saturated rings. The summed E-state index contributed by atoms with van der Waals surface area (Å²) in [5.74, 6) is 2.19. The lowest BCUT2D eigenvalue weighted by atomic mass is 9.45. The van der Waals surface area contributed by atoms with Crippen LogP contribution in [-0.4, -0.2) is 35.6 Å². The van der Waals surface area contributed by atoms with E-state index < -0.39 is 0 Å². The van der Waals surface area contributed by atoms with E-state index in [0.717, 1.165) is 62.8 Å². The Kier molecular flexibility index (Phi) is 4.81. The van der Waals surface area contributed by atoms with Gasteiger partial charge in [-0.3, -0.25) is 4.79 Å². The molecule has 4 aliphatic rings. The lowest BCUT2D eigenvalue weighted by Gasteiger charge is -2.59. The van der Waals surface area contributed by atoms with Gasteiger partial charge < -0.3 is 15.8 Å². The summed E-state index contributed by atoms with van der Waals surface area (Å²) < 4.78 is 0. The smallest absolute Gasteiger partial charge is 0.139 e. The Labute approximate surface area is 161 Å². The molecule has 0 heterocycles. The van der Waals surface area contributed by atoms with Crippen molar-refractivity contribution < 1.29 is 14.8 Å². The Morgan fingerprint density at radius 3 is 2.74 bits per heavy atom. The highest BCUT2D eigenvalue weighted by molar-refractivity contribution is 5.96. The van der Waals surface area contributed by atoms with Gasteiger partial charge in [-0.15, -0.1) is 0 Å². The lowest BCUT2D eigenvalue weighted by molar-refractivity contribution is -0.133. The Morgan fingerprint density at radius 2 is 2.00 bits per heavy atom. The van der Waals surface area contributed by atoms with E-state index in [-0.39, 0.29) is 16.7 Å². The average Bonchev–Trinajstić information content (AvgIpc) is 2.96. The van der Waals surface area contributed by atoms with Gasteiger partial charge in [-0.2, -0.15) is 0 Å². The highest BCUT2D eigenvalue weighted by Crippen LogP contribution is 2.64. The fraction of sp³-hybridized carbons (Fsp3) is 0.857. The van der Waals surface area contributed by atoms with Crippen molar-refractivity contribution in [2.75, 3.05) is 13.2 Å². The second-order valence-electron chi connectivity index (χ2n) is 9.63. The van der Waals surface area contributed by atoms with Crippen LogP contribution in [0.15, 0.2) is 10.3 Å². The van der Waals surface area contributed by atoms with Gasteiger partial charge in [0.25, 0.3) is 0 Å². The molecule has 0 bridgehead atoms. The van der Waals surface area contributed by atoms with E-state index in [1.807, 2.05) is 0 Å². The van der Waals surface area contributed by atoms with Crippen LogP contribution in [0.4, 0.5) is 0 Å². The summed E-state index contributed by atoms with van der Waals surface area (Å²) in [6.07, 6.45) is 7.48. The molecule has 6 nitrogen and oxygen atoms in total. The first-order chi connectivity index (χ1) is 12.9. The number of fused-ring (bicyclic) bond motifs is 5. The fourth-order valence-corrected chi connectivity index (χ4v) is 7.03. The van der Waals surface area contributed by atoms with Crippen molar-refractivity contribution in [3.63, 3.8) is 0 Å². The van der Waals surface area contributed by atoms with Crippen LogP contribution >= 0.6 is 0 Å².